The van der Waals surface area contributed by atoms with Gasteiger partial charge < -0.3 is 25.4 Å². The number of halogens is 3. The van der Waals surface area contributed by atoms with E-state index in [1.165, 1.54) is 18.2 Å². The average molecular weight is 937 g/mol. The topological polar surface area (TPSA) is 166 Å². The van der Waals surface area contributed by atoms with Crippen LogP contribution in [0.2, 0.25) is 0 Å². The minimum atomic E-state index is -4.59. The van der Waals surface area contributed by atoms with Crippen molar-refractivity contribution in [3.05, 3.63) is 88.5 Å². The summed E-state index contributed by atoms with van der Waals surface area (Å²) in [6, 6.07) is 18.7. The summed E-state index contributed by atoms with van der Waals surface area (Å²) in [5.74, 6) is -2.91. The van der Waals surface area contributed by atoms with E-state index in [4.69, 9.17) is 4.74 Å². The van der Waals surface area contributed by atoms with Crippen LogP contribution in [-0.2, 0) is 31.9 Å². The number of alkyl halides is 3. The first kappa shape index (κ1) is 52.6. The molecule has 2 fully saturated rings. The van der Waals surface area contributed by atoms with Gasteiger partial charge in [0.25, 0.3) is 0 Å². The number of carbonyl (C=O) groups is 4. The number of nitrogens with one attached hydrogen (secondary N) is 1. The van der Waals surface area contributed by atoms with E-state index in [0.717, 1.165) is 48.1 Å². The van der Waals surface area contributed by atoms with E-state index in [0.29, 0.717) is 69.8 Å². The van der Waals surface area contributed by atoms with Gasteiger partial charge in [0.05, 0.1) is 38.3 Å². The first-order chi connectivity index (χ1) is 32.0. The lowest BCUT2D eigenvalue weighted by Gasteiger charge is -2.34. The fourth-order valence-corrected chi connectivity index (χ4v) is 8.69. The van der Waals surface area contributed by atoms with Crippen LogP contribution in [0.3, 0.4) is 0 Å². The fraction of sp³-hybridized carbons (Fsp3) is 0.520. The largest absolute Gasteiger partial charge is 0.493 e. The highest BCUT2D eigenvalue weighted by Gasteiger charge is 2.35. The number of aliphatic carboxylic acids is 3. The van der Waals surface area contributed by atoms with Crippen LogP contribution >= 0.6 is 0 Å². The van der Waals surface area contributed by atoms with Crippen LogP contribution in [0, 0.1) is 6.92 Å². The molecule has 366 valence electrons. The third-order valence-electron chi connectivity index (χ3n) is 12.5. The van der Waals surface area contributed by atoms with Crippen LogP contribution in [0.15, 0.2) is 60.7 Å². The molecule has 3 aromatic carbocycles. The fourth-order valence-electron chi connectivity index (χ4n) is 8.69. The smallest absolute Gasteiger partial charge is 0.417 e. The Morgan fingerprint density at radius 3 is 1.82 bits per heavy atom. The molecule has 0 unspecified atom stereocenters. The van der Waals surface area contributed by atoms with Gasteiger partial charge in [-0.05, 0) is 92.4 Å². The normalized spacial score (nSPS) is 18.0. The summed E-state index contributed by atoms with van der Waals surface area (Å²) in [4.78, 5) is 57.1. The molecule has 5 rings (SSSR count). The first-order valence-corrected chi connectivity index (χ1v) is 23.3. The van der Waals surface area contributed by atoms with Crippen molar-refractivity contribution in [1.29, 1.82) is 0 Å². The van der Waals surface area contributed by atoms with E-state index in [1.807, 2.05) is 60.4 Å². The van der Waals surface area contributed by atoms with Gasteiger partial charge in [-0.1, -0.05) is 67.1 Å². The lowest BCUT2D eigenvalue weighted by Crippen LogP contribution is -2.49. The van der Waals surface area contributed by atoms with Crippen molar-refractivity contribution in [2.75, 3.05) is 98.2 Å². The van der Waals surface area contributed by atoms with E-state index in [9.17, 15) is 47.7 Å². The molecule has 2 aliphatic heterocycles. The number of likely N-dealkylation sites (tertiary alicyclic amines) is 1. The second-order valence-electron chi connectivity index (χ2n) is 17.6. The number of piperidine rings is 1. The predicted octanol–water partition coefficient (Wildman–Crippen LogP) is 6.37. The minimum Gasteiger partial charge on any atom is -0.493 e. The highest BCUT2D eigenvalue weighted by molar-refractivity contribution is 5.79. The Bertz CT molecular complexity index is 2090. The third-order valence-corrected chi connectivity index (χ3v) is 12.5. The number of hydrogen-bond acceptors (Lipinski definition) is 10. The average Bonchev–Trinajstić information content (AvgIpc) is 3.27. The molecule has 67 heavy (non-hydrogen) atoms. The molecule has 0 bridgehead atoms. The summed E-state index contributed by atoms with van der Waals surface area (Å²) in [5, 5.41) is 31.4. The zero-order chi connectivity index (χ0) is 48.3. The molecule has 14 nitrogen and oxygen atoms in total. The Hall–Kier alpha value is -5.33. The molecule has 2 saturated heterocycles. The summed E-state index contributed by atoms with van der Waals surface area (Å²) in [6.07, 6.45) is 3.62. The molecule has 4 N–H and O–H groups in total. The van der Waals surface area contributed by atoms with E-state index >= 15 is 0 Å². The molecular weight excluding hydrogens is 870 g/mol. The number of unbranched alkanes of at least 4 members (excludes halogenated alkanes) is 2. The Morgan fingerprint density at radius 2 is 1.27 bits per heavy atom. The maximum atomic E-state index is 14.8. The van der Waals surface area contributed by atoms with E-state index < -0.39 is 29.6 Å². The van der Waals surface area contributed by atoms with Crippen LogP contribution in [0.5, 0.6) is 5.75 Å². The Labute approximate surface area is 392 Å². The molecule has 0 aliphatic carbocycles. The summed E-state index contributed by atoms with van der Waals surface area (Å²) in [7, 11) is 0. The number of nitrogens with zero attached hydrogens (tertiary/aromatic N) is 5. The molecule has 2 heterocycles. The second kappa shape index (κ2) is 26.3. The van der Waals surface area contributed by atoms with Gasteiger partial charge in [0, 0.05) is 77.1 Å². The number of hydrogen-bond donors (Lipinski definition) is 4. The monoisotopic (exact) mass is 936 g/mol. The molecule has 0 saturated carbocycles. The Kier molecular flexibility index (Phi) is 20.6. The van der Waals surface area contributed by atoms with Crippen molar-refractivity contribution in [3.8, 4) is 16.9 Å². The first-order valence-electron chi connectivity index (χ1n) is 23.3. The number of amides is 1. The molecular formula is C50H67F3N6O8. The van der Waals surface area contributed by atoms with Gasteiger partial charge in [0.2, 0.25) is 5.91 Å². The molecule has 2 aliphatic rings. The molecule has 1 atom stereocenters. The maximum absolute atomic E-state index is 14.8. The van der Waals surface area contributed by atoms with Crippen molar-refractivity contribution in [3.63, 3.8) is 0 Å². The maximum Gasteiger partial charge on any atom is 0.417 e. The van der Waals surface area contributed by atoms with Crippen molar-refractivity contribution >= 4 is 36.0 Å². The van der Waals surface area contributed by atoms with Crippen LogP contribution in [-0.4, -0.2) is 168 Å². The van der Waals surface area contributed by atoms with Gasteiger partial charge in [0.1, 0.15) is 5.75 Å². The zero-order valence-corrected chi connectivity index (χ0v) is 38.8. The second-order valence-corrected chi connectivity index (χ2v) is 17.6. The number of rotatable bonds is 20. The third kappa shape index (κ3) is 17.7. The molecule has 0 spiro atoms. The van der Waals surface area contributed by atoms with E-state index in [2.05, 4.69) is 17.1 Å². The highest BCUT2D eigenvalue weighted by Crippen LogP contribution is 2.38. The van der Waals surface area contributed by atoms with Crippen molar-refractivity contribution in [2.24, 2.45) is 0 Å². The van der Waals surface area contributed by atoms with Crippen molar-refractivity contribution in [1.82, 2.24) is 29.8 Å². The van der Waals surface area contributed by atoms with Crippen LogP contribution < -0.4 is 10.1 Å². The number of carboxylic acids is 3. The van der Waals surface area contributed by atoms with Crippen molar-refractivity contribution < 1.29 is 52.4 Å². The summed E-state index contributed by atoms with van der Waals surface area (Å²) >= 11 is 0. The Balaban J connectivity index is 1.20. The van der Waals surface area contributed by atoms with Crippen molar-refractivity contribution in [2.45, 2.75) is 71.1 Å². The van der Waals surface area contributed by atoms with Gasteiger partial charge in [-0.3, -0.25) is 43.7 Å². The van der Waals surface area contributed by atoms with Gasteiger partial charge in [-0.2, -0.15) is 13.2 Å². The molecule has 0 radical (unpaired) electrons. The van der Waals surface area contributed by atoms with Gasteiger partial charge in [-0.25, -0.2) is 0 Å². The summed E-state index contributed by atoms with van der Waals surface area (Å²) in [5.41, 5.74) is 3.60. The predicted molar refractivity (Wildman–Crippen MR) is 252 cm³/mol. The Morgan fingerprint density at radius 1 is 0.701 bits per heavy atom. The van der Waals surface area contributed by atoms with Crippen LogP contribution in [0.25, 0.3) is 23.3 Å². The van der Waals surface area contributed by atoms with Gasteiger partial charge >= 0.3 is 24.1 Å². The molecule has 0 aromatic heterocycles. The van der Waals surface area contributed by atoms with E-state index in [1.54, 1.807) is 20.8 Å². The number of ether oxygens (including phenoxy) is 1. The van der Waals surface area contributed by atoms with Crippen LogP contribution in [0.4, 0.5) is 13.2 Å². The summed E-state index contributed by atoms with van der Waals surface area (Å²) < 4.78 is 50.7. The van der Waals surface area contributed by atoms with Gasteiger partial charge in [-0.15, -0.1) is 0 Å². The highest BCUT2D eigenvalue weighted by atomic mass is 19.4. The number of benzene rings is 3. The molecule has 3 aromatic rings. The SMILES string of the molecule is Cc1c(/C=C/c2cc(OCCCCCNC(=O)CN3CCN(CC(=O)O)CCN(CC(=O)O)CCN(CC(=O)O)CC3)c(CN3CCCC[C@H]3C)cc2C(F)(F)F)cccc1-c1ccccc1. The van der Waals surface area contributed by atoms with Crippen LogP contribution in [0.1, 0.15) is 73.3 Å². The molecule has 1 amide bonds. The number of carbonyl (C=O) groups excluding carboxylic acids is 1. The van der Waals surface area contributed by atoms with Gasteiger partial charge in [0.15, 0.2) is 0 Å². The quantitative estimate of drug-likeness (QED) is 0.0731. The summed E-state index contributed by atoms with van der Waals surface area (Å²) in [6.45, 7) is 7.49. The number of carboxylic acid groups (broad SMARTS) is 3. The standard InChI is InChI=1S/C50H67F3N6O8/c1-37-12-7-9-20-59(37)32-42-30-44(50(51,52)53)41(18-17-39-15-11-16-43(38(39)2)40-13-5-3-6-14-40)31-45(42)67-29-10-4-8-19-54-46(60)33-55-21-23-56(34-47(61)62)25-27-58(36-49(65)66)28-26-57(24-22-55)35-48(63)64/h3,5-6,11,13-18,30-31,37H,4,7-10,12,19-29,32-36H2,1-2H3,(H,54,60)(H,61,62)(H,63,64)(H,65,66)/b18-17+/t37-/m1/s1. The minimum absolute atomic E-state index is 0.0111. The zero-order valence-electron chi connectivity index (χ0n) is 38.8. The van der Waals surface area contributed by atoms with E-state index in [-0.39, 0.29) is 76.5 Å². The molecule has 17 heteroatoms. The lowest BCUT2D eigenvalue weighted by molar-refractivity contribution is -0.140. The lowest BCUT2D eigenvalue weighted by atomic mass is 9.95.